The smallest absolute Gasteiger partial charge is 0.289 e. The predicted molar refractivity (Wildman–Crippen MR) is 91.7 cm³/mol. The maximum atomic E-state index is 12.1. The van der Waals surface area contributed by atoms with Gasteiger partial charge >= 0.3 is 0 Å². The molecule has 0 fully saturated rings. The van der Waals surface area contributed by atoms with Gasteiger partial charge in [0.25, 0.3) is 11.8 Å². The van der Waals surface area contributed by atoms with Crippen molar-refractivity contribution in [1.29, 1.82) is 0 Å². The molecule has 2 N–H and O–H groups in total. The molecule has 1 aromatic heterocycles. The van der Waals surface area contributed by atoms with Crippen LogP contribution in [0.3, 0.4) is 0 Å². The number of amides is 2. The molecule has 7 heteroatoms. The fraction of sp³-hybridized carbons (Fsp3) is 0.111. The van der Waals surface area contributed by atoms with E-state index in [9.17, 15) is 9.59 Å². The maximum Gasteiger partial charge on any atom is 0.289 e. The SMILES string of the molecule is CC(Oc1ccc2ccccc2c1)C(=O)NNC(=O)c1cnccn1. The van der Waals surface area contributed by atoms with E-state index in [0.717, 1.165) is 10.8 Å². The first-order valence-electron chi connectivity index (χ1n) is 7.65. The molecule has 3 aromatic rings. The van der Waals surface area contributed by atoms with Gasteiger partial charge in [-0.3, -0.25) is 25.4 Å². The Bertz CT molecular complexity index is 899. The van der Waals surface area contributed by atoms with E-state index in [1.807, 2.05) is 36.4 Å². The second kappa shape index (κ2) is 7.39. The van der Waals surface area contributed by atoms with Gasteiger partial charge < -0.3 is 4.74 Å². The molecule has 3 rings (SSSR count). The highest BCUT2D eigenvalue weighted by Crippen LogP contribution is 2.21. The van der Waals surface area contributed by atoms with Gasteiger partial charge in [0, 0.05) is 12.4 Å². The highest BCUT2D eigenvalue weighted by Gasteiger charge is 2.16. The van der Waals surface area contributed by atoms with Crippen LogP contribution >= 0.6 is 0 Å². The summed E-state index contributed by atoms with van der Waals surface area (Å²) in [4.78, 5) is 31.5. The molecule has 1 atom stereocenters. The van der Waals surface area contributed by atoms with Crippen LogP contribution in [0.5, 0.6) is 5.75 Å². The van der Waals surface area contributed by atoms with E-state index >= 15 is 0 Å². The van der Waals surface area contributed by atoms with E-state index in [0.29, 0.717) is 5.75 Å². The minimum atomic E-state index is -0.789. The number of carbonyl (C=O) groups is 2. The molecular weight excluding hydrogens is 320 g/mol. The first kappa shape index (κ1) is 16.4. The number of carbonyl (C=O) groups excluding carboxylic acids is 2. The van der Waals surface area contributed by atoms with Crippen molar-refractivity contribution in [3.63, 3.8) is 0 Å². The number of hydrogen-bond donors (Lipinski definition) is 2. The molecular formula is C18H16N4O3. The first-order chi connectivity index (χ1) is 12.1. The molecule has 2 amide bonds. The molecule has 0 radical (unpaired) electrons. The van der Waals surface area contributed by atoms with Crippen molar-refractivity contribution in [1.82, 2.24) is 20.8 Å². The number of aromatic nitrogens is 2. The number of hydrazine groups is 1. The molecule has 0 saturated heterocycles. The average Bonchev–Trinajstić information content (AvgIpc) is 2.66. The van der Waals surface area contributed by atoms with Crippen LogP contribution in [0.15, 0.2) is 61.1 Å². The summed E-state index contributed by atoms with van der Waals surface area (Å²) < 4.78 is 5.63. The quantitative estimate of drug-likeness (QED) is 0.709. The van der Waals surface area contributed by atoms with Crippen molar-refractivity contribution in [2.24, 2.45) is 0 Å². The lowest BCUT2D eigenvalue weighted by molar-refractivity contribution is -0.128. The minimum absolute atomic E-state index is 0.103. The van der Waals surface area contributed by atoms with Crippen molar-refractivity contribution in [2.75, 3.05) is 0 Å². The van der Waals surface area contributed by atoms with Crippen LogP contribution in [0.4, 0.5) is 0 Å². The molecule has 0 aliphatic heterocycles. The van der Waals surface area contributed by atoms with Crippen LogP contribution in [0.2, 0.25) is 0 Å². The largest absolute Gasteiger partial charge is 0.481 e. The third-order valence-electron chi connectivity index (χ3n) is 3.50. The van der Waals surface area contributed by atoms with Gasteiger partial charge in [0.1, 0.15) is 11.4 Å². The molecule has 126 valence electrons. The Morgan fingerprint density at radius 2 is 1.84 bits per heavy atom. The van der Waals surface area contributed by atoms with Crippen LogP contribution in [-0.4, -0.2) is 27.9 Å². The Kier molecular flexibility index (Phi) is 4.84. The van der Waals surface area contributed by atoms with E-state index in [1.54, 1.807) is 13.0 Å². The van der Waals surface area contributed by atoms with Crippen molar-refractivity contribution < 1.29 is 14.3 Å². The molecule has 0 saturated carbocycles. The molecule has 0 aliphatic rings. The van der Waals surface area contributed by atoms with Gasteiger partial charge in [0.2, 0.25) is 0 Å². The van der Waals surface area contributed by atoms with E-state index in [1.165, 1.54) is 18.6 Å². The van der Waals surface area contributed by atoms with Gasteiger partial charge in [-0.15, -0.1) is 0 Å². The molecule has 1 heterocycles. The standard InChI is InChI=1S/C18H16N4O3/c1-12(17(23)21-22-18(24)16-11-19-8-9-20-16)25-15-7-6-13-4-2-3-5-14(13)10-15/h2-12H,1H3,(H,21,23)(H,22,24). The van der Waals surface area contributed by atoms with E-state index < -0.39 is 17.9 Å². The van der Waals surface area contributed by atoms with Crippen LogP contribution in [0.25, 0.3) is 10.8 Å². The van der Waals surface area contributed by atoms with Gasteiger partial charge in [-0.2, -0.15) is 0 Å². The number of benzene rings is 2. The molecule has 1 unspecified atom stereocenters. The monoisotopic (exact) mass is 336 g/mol. The molecule has 0 aliphatic carbocycles. The van der Waals surface area contributed by atoms with Crippen molar-refractivity contribution in [3.8, 4) is 5.75 Å². The lowest BCUT2D eigenvalue weighted by Gasteiger charge is -2.15. The topological polar surface area (TPSA) is 93.2 Å². The summed E-state index contributed by atoms with van der Waals surface area (Å²) in [6, 6.07) is 13.4. The predicted octanol–water partition coefficient (Wildman–Crippen LogP) is 1.86. The summed E-state index contributed by atoms with van der Waals surface area (Å²) in [5.74, 6) is -0.466. The number of nitrogens with one attached hydrogen (secondary N) is 2. The van der Waals surface area contributed by atoms with E-state index in [2.05, 4.69) is 20.8 Å². The third kappa shape index (κ3) is 4.08. The Morgan fingerprint density at radius 1 is 1.04 bits per heavy atom. The Hall–Kier alpha value is -3.48. The van der Waals surface area contributed by atoms with Crippen LogP contribution in [0.1, 0.15) is 17.4 Å². The second-order valence-electron chi connectivity index (χ2n) is 5.30. The zero-order valence-corrected chi connectivity index (χ0v) is 13.5. The van der Waals surface area contributed by atoms with Crippen molar-refractivity contribution in [2.45, 2.75) is 13.0 Å². The van der Waals surface area contributed by atoms with Gasteiger partial charge in [-0.1, -0.05) is 30.3 Å². The zero-order chi connectivity index (χ0) is 17.6. The van der Waals surface area contributed by atoms with E-state index in [-0.39, 0.29) is 5.69 Å². The number of fused-ring (bicyclic) bond motifs is 1. The Labute approximate surface area is 144 Å². The maximum absolute atomic E-state index is 12.1. The van der Waals surface area contributed by atoms with Gasteiger partial charge in [-0.05, 0) is 29.8 Å². The van der Waals surface area contributed by atoms with Gasteiger partial charge in [0.05, 0.1) is 6.20 Å². The van der Waals surface area contributed by atoms with Crippen LogP contribution in [-0.2, 0) is 4.79 Å². The lowest BCUT2D eigenvalue weighted by atomic mass is 10.1. The Balaban J connectivity index is 1.57. The summed E-state index contributed by atoms with van der Waals surface area (Å²) >= 11 is 0. The fourth-order valence-electron chi connectivity index (χ4n) is 2.20. The molecule has 7 nitrogen and oxygen atoms in total. The second-order valence-corrected chi connectivity index (χ2v) is 5.30. The van der Waals surface area contributed by atoms with Gasteiger partial charge in [-0.25, -0.2) is 4.98 Å². The Morgan fingerprint density at radius 3 is 2.60 bits per heavy atom. The number of rotatable bonds is 4. The average molecular weight is 336 g/mol. The summed E-state index contributed by atoms with van der Waals surface area (Å²) in [7, 11) is 0. The van der Waals surface area contributed by atoms with Crippen molar-refractivity contribution in [3.05, 3.63) is 66.7 Å². The van der Waals surface area contributed by atoms with Crippen molar-refractivity contribution >= 4 is 22.6 Å². The summed E-state index contributed by atoms with van der Waals surface area (Å²) in [5.41, 5.74) is 4.68. The number of hydrogen-bond acceptors (Lipinski definition) is 5. The summed E-state index contributed by atoms with van der Waals surface area (Å²) in [5, 5.41) is 2.10. The highest BCUT2D eigenvalue weighted by molar-refractivity contribution is 5.93. The molecule has 2 aromatic carbocycles. The summed E-state index contributed by atoms with van der Waals surface area (Å²) in [6.07, 6.45) is 3.36. The number of nitrogens with zero attached hydrogens (tertiary/aromatic N) is 2. The third-order valence-corrected chi connectivity index (χ3v) is 3.50. The van der Waals surface area contributed by atoms with E-state index in [4.69, 9.17) is 4.74 Å². The minimum Gasteiger partial charge on any atom is -0.481 e. The highest BCUT2D eigenvalue weighted by atomic mass is 16.5. The zero-order valence-electron chi connectivity index (χ0n) is 13.5. The lowest BCUT2D eigenvalue weighted by Crippen LogP contribution is -2.47. The molecule has 0 spiro atoms. The number of ether oxygens (including phenoxy) is 1. The molecule has 0 bridgehead atoms. The first-order valence-corrected chi connectivity index (χ1v) is 7.65. The van der Waals surface area contributed by atoms with Crippen LogP contribution in [0, 0.1) is 0 Å². The molecule has 25 heavy (non-hydrogen) atoms. The normalized spacial score (nSPS) is 11.6. The van der Waals surface area contributed by atoms with Crippen LogP contribution < -0.4 is 15.6 Å². The summed E-state index contributed by atoms with van der Waals surface area (Å²) in [6.45, 7) is 1.60. The fourth-order valence-corrected chi connectivity index (χ4v) is 2.20. The van der Waals surface area contributed by atoms with Gasteiger partial charge in [0.15, 0.2) is 6.10 Å².